The molecule has 1 aromatic rings. The molecule has 0 saturated carbocycles. The highest BCUT2D eigenvalue weighted by Gasteiger charge is 2.35. The van der Waals surface area contributed by atoms with E-state index < -0.39 is 15.3 Å². The smallest absolute Gasteiger partial charge is 0.265 e. The molecule has 0 bridgehead atoms. The number of hydrogen-bond acceptors (Lipinski definition) is 5. The van der Waals surface area contributed by atoms with E-state index in [1.165, 1.54) is 29.7 Å². The summed E-state index contributed by atoms with van der Waals surface area (Å²) in [5.41, 5.74) is 2.48. The van der Waals surface area contributed by atoms with Crippen molar-refractivity contribution in [3.63, 3.8) is 0 Å². The summed E-state index contributed by atoms with van der Waals surface area (Å²) in [5, 5.41) is -0.518. The van der Waals surface area contributed by atoms with E-state index in [9.17, 15) is 13.2 Å². The first-order valence-electron chi connectivity index (χ1n) is 7.39. The lowest BCUT2D eigenvalue weighted by Gasteiger charge is -2.33. The Bertz CT molecular complexity index is 638. The molecule has 1 saturated heterocycles. The van der Waals surface area contributed by atoms with Crippen LogP contribution in [0.25, 0.3) is 0 Å². The lowest BCUT2D eigenvalue weighted by Crippen LogP contribution is -2.48. The molecular formula is C14H23N3O3S2. The van der Waals surface area contributed by atoms with Crippen LogP contribution in [0.5, 0.6) is 0 Å². The highest BCUT2D eigenvalue weighted by Crippen LogP contribution is 2.26. The number of aromatic nitrogens is 1. The van der Waals surface area contributed by atoms with Crippen molar-refractivity contribution < 1.29 is 13.2 Å². The zero-order chi connectivity index (χ0) is 16.5. The third kappa shape index (κ3) is 3.33. The molecule has 22 heavy (non-hydrogen) atoms. The lowest BCUT2D eigenvalue weighted by atomic mass is 10.1. The van der Waals surface area contributed by atoms with Gasteiger partial charge in [-0.05, 0) is 18.8 Å². The first-order valence-corrected chi connectivity index (χ1v) is 9.77. The molecule has 2 rings (SSSR count). The van der Waals surface area contributed by atoms with E-state index in [1.807, 2.05) is 13.8 Å². The van der Waals surface area contributed by atoms with E-state index in [2.05, 4.69) is 4.98 Å². The molecule has 6 nitrogen and oxygen atoms in total. The molecule has 2 heterocycles. The molecule has 1 fully saturated rings. The topological polar surface area (TPSA) is 70.6 Å². The molecule has 1 aromatic heterocycles. The maximum atomic E-state index is 12.7. The van der Waals surface area contributed by atoms with Crippen LogP contribution in [0.2, 0.25) is 0 Å². The van der Waals surface area contributed by atoms with Crippen LogP contribution < -0.4 is 0 Å². The molecule has 124 valence electrons. The van der Waals surface area contributed by atoms with Gasteiger partial charge in [0.25, 0.3) is 5.91 Å². The van der Waals surface area contributed by atoms with Crippen LogP contribution in [0, 0.1) is 0 Å². The van der Waals surface area contributed by atoms with E-state index in [0.717, 1.165) is 5.69 Å². The second-order valence-electron chi connectivity index (χ2n) is 6.06. The third-order valence-corrected chi connectivity index (χ3v) is 7.01. The Morgan fingerprint density at radius 1 is 1.45 bits per heavy atom. The Morgan fingerprint density at radius 3 is 2.73 bits per heavy atom. The van der Waals surface area contributed by atoms with Crippen molar-refractivity contribution in [3.8, 4) is 0 Å². The van der Waals surface area contributed by atoms with Crippen LogP contribution >= 0.6 is 11.3 Å². The fourth-order valence-electron chi connectivity index (χ4n) is 2.63. The summed E-state index contributed by atoms with van der Waals surface area (Å²) in [7, 11) is -0.259. The van der Waals surface area contributed by atoms with Crippen LogP contribution in [0.1, 0.15) is 48.0 Å². The van der Waals surface area contributed by atoms with Gasteiger partial charge in [-0.25, -0.2) is 17.7 Å². The summed E-state index contributed by atoms with van der Waals surface area (Å²) < 4.78 is 25.8. The molecule has 0 aliphatic carbocycles. The average Bonchev–Trinajstić information content (AvgIpc) is 2.96. The maximum Gasteiger partial charge on any atom is 0.265 e. The summed E-state index contributed by atoms with van der Waals surface area (Å²) in [6, 6.07) is 0. The fraction of sp³-hybridized carbons (Fsp3) is 0.714. The van der Waals surface area contributed by atoms with Gasteiger partial charge in [0.1, 0.15) is 4.88 Å². The number of piperidine rings is 1. The highest BCUT2D eigenvalue weighted by molar-refractivity contribution is 7.89. The summed E-state index contributed by atoms with van der Waals surface area (Å²) in [5.74, 6) is 0.0844. The van der Waals surface area contributed by atoms with Crippen molar-refractivity contribution in [3.05, 3.63) is 16.1 Å². The Morgan fingerprint density at radius 2 is 2.14 bits per heavy atom. The Kier molecular flexibility index (Phi) is 5.24. The molecular weight excluding hydrogens is 322 g/mol. The van der Waals surface area contributed by atoms with Gasteiger partial charge in [0.15, 0.2) is 0 Å². The molecule has 1 unspecified atom stereocenters. The van der Waals surface area contributed by atoms with Crippen molar-refractivity contribution >= 4 is 27.3 Å². The van der Waals surface area contributed by atoms with Gasteiger partial charge in [-0.1, -0.05) is 13.8 Å². The van der Waals surface area contributed by atoms with E-state index in [4.69, 9.17) is 0 Å². The van der Waals surface area contributed by atoms with Crippen molar-refractivity contribution in [2.45, 2.75) is 37.9 Å². The Hall–Kier alpha value is -0.990. The number of amides is 1. The van der Waals surface area contributed by atoms with Crippen molar-refractivity contribution in [2.75, 3.05) is 27.2 Å². The Balaban J connectivity index is 2.19. The zero-order valence-electron chi connectivity index (χ0n) is 13.4. The molecule has 0 aromatic carbocycles. The number of sulfonamides is 1. The van der Waals surface area contributed by atoms with E-state index in [-0.39, 0.29) is 18.4 Å². The van der Waals surface area contributed by atoms with Gasteiger partial charge < -0.3 is 4.90 Å². The summed E-state index contributed by atoms with van der Waals surface area (Å²) in [6.45, 7) is 4.87. The van der Waals surface area contributed by atoms with Crippen LogP contribution in [-0.4, -0.2) is 60.9 Å². The first kappa shape index (κ1) is 17.4. The predicted octanol–water partition coefficient (Wildman–Crippen LogP) is 1.76. The minimum Gasteiger partial charge on any atom is -0.337 e. The van der Waals surface area contributed by atoms with Crippen LogP contribution in [0.15, 0.2) is 5.51 Å². The van der Waals surface area contributed by atoms with Crippen molar-refractivity contribution in [1.82, 2.24) is 14.2 Å². The number of rotatable bonds is 4. The number of thiazole rings is 1. The largest absolute Gasteiger partial charge is 0.337 e. The van der Waals surface area contributed by atoms with Crippen LogP contribution in [-0.2, 0) is 10.0 Å². The molecule has 1 amide bonds. The monoisotopic (exact) mass is 345 g/mol. The molecule has 0 spiro atoms. The van der Waals surface area contributed by atoms with Gasteiger partial charge in [-0.3, -0.25) is 4.79 Å². The predicted molar refractivity (Wildman–Crippen MR) is 87.7 cm³/mol. The molecule has 0 N–H and O–H groups in total. The Labute approximate surface area is 136 Å². The number of hydrogen-bond donors (Lipinski definition) is 0. The summed E-state index contributed by atoms with van der Waals surface area (Å²) in [6.07, 6.45) is 1.31. The van der Waals surface area contributed by atoms with Gasteiger partial charge in [0, 0.05) is 27.2 Å². The van der Waals surface area contributed by atoms with Crippen molar-refractivity contribution in [1.29, 1.82) is 0 Å². The van der Waals surface area contributed by atoms with E-state index >= 15 is 0 Å². The molecule has 1 aliphatic rings. The zero-order valence-corrected chi connectivity index (χ0v) is 15.1. The quantitative estimate of drug-likeness (QED) is 0.834. The van der Waals surface area contributed by atoms with Gasteiger partial charge in [-0.15, -0.1) is 11.3 Å². The molecule has 8 heteroatoms. The van der Waals surface area contributed by atoms with Crippen molar-refractivity contribution in [2.24, 2.45) is 0 Å². The molecule has 1 atom stereocenters. The van der Waals surface area contributed by atoms with Gasteiger partial charge in [0.2, 0.25) is 10.0 Å². The summed E-state index contributed by atoms with van der Waals surface area (Å²) in [4.78, 5) is 19.3. The fourth-order valence-corrected chi connectivity index (χ4v) is 4.97. The number of likely N-dealkylation sites (tertiary alicyclic amines) is 1. The van der Waals surface area contributed by atoms with E-state index in [1.54, 1.807) is 10.4 Å². The number of carbonyl (C=O) groups excluding carboxylic acids is 1. The molecule has 1 aliphatic heterocycles. The van der Waals surface area contributed by atoms with Gasteiger partial charge in [0.05, 0.1) is 16.5 Å². The summed E-state index contributed by atoms with van der Waals surface area (Å²) >= 11 is 1.33. The maximum absolute atomic E-state index is 12.7. The second kappa shape index (κ2) is 6.64. The molecule has 0 radical (unpaired) electrons. The number of carbonyl (C=O) groups is 1. The van der Waals surface area contributed by atoms with Crippen LogP contribution in [0.4, 0.5) is 0 Å². The number of nitrogens with zero attached hydrogens (tertiary/aromatic N) is 3. The highest BCUT2D eigenvalue weighted by atomic mass is 32.2. The minimum atomic E-state index is -3.33. The second-order valence-corrected chi connectivity index (χ2v) is 9.35. The lowest BCUT2D eigenvalue weighted by molar-refractivity contribution is 0.0729. The van der Waals surface area contributed by atoms with Gasteiger partial charge >= 0.3 is 0 Å². The van der Waals surface area contributed by atoms with Crippen LogP contribution in [0.3, 0.4) is 0 Å². The SMILES string of the molecule is CC(C)c1ncsc1C(=O)N1CCCC(S(=O)(=O)N(C)C)C1. The standard InChI is InChI=1S/C14H23N3O3S2/c1-10(2)12-13(21-9-15-12)14(18)17-7-5-6-11(8-17)22(19,20)16(3)4/h9-11H,5-8H2,1-4H3. The third-order valence-electron chi connectivity index (χ3n) is 3.93. The van der Waals surface area contributed by atoms with Gasteiger partial charge in [-0.2, -0.15) is 0 Å². The first-order chi connectivity index (χ1) is 10.2. The normalized spacial score (nSPS) is 19.9. The van der Waals surface area contributed by atoms with E-state index in [0.29, 0.717) is 24.3 Å². The average molecular weight is 345 g/mol. The minimum absolute atomic E-state index is 0.0927.